The number of nitrogens with one attached hydrogen (secondary N) is 1. The van der Waals surface area contributed by atoms with E-state index in [1.54, 1.807) is 11.3 Å². The van der Waals surface area contributed by atoms with E-state index in [1.165, 1.54) is 11.3 Å². The lowest BCUT2D eigenvalue weighted by atomic mass is 9.61. The van der Waals surface area contributed by atoms with E-state index in [1.807, 2.05) is 24.3 Å². The molecule has 3 fully saturated rings. The molecule has 0 bridgehead atoms. The number of β-amino-alcohol motifs (C(OH)–C–C–N with tert-alkyl or cyclic N) is 1. The first-order valence-electron chi connectivity index (χ1n) is 15.0. The van der Waals surface area contributed by atoms with Gasteiger partial charge in [0, 0.05) is 31.8 Å². The Morgan fingerprint density at radius 1 is 1.23 bits per heavy atom. The zero-order valence-electron chi connectivity index (χ0n) is 25.1. The van der Waals surface area contributed by atoms with E-state index in [4.69, 9.17) is 0 Å². The van der Waals surface area contributed by atoms with Crippen LogP contribution in [0.1, 0.15) is 83.5 Å². The molecular formula is C32H47N4O3S+. The Balaban J connectivity index is 1.21. The van der Waals surface area contributed by atoms with E-state index >= 15 is 0 Å². The number of likely N-dealkylation sites (tertiary alicyclic amines) is 1. The summed E-state index contributed by atoms with van der Waals surface area (Å²) in [6.07, 6.45) is 4.30. The van der Waals surface area contributed by atoms with Crippen molar-refractivity contribution in [2.24, 2.45) is 11.3 Å². The molecule has 1 aromatic carbocycles. The van der Waals surface area contributed by atoms with Gasteiger partial charge in [-0.3, -0.25) is 9.59 Å². The van der Waals surface area contributed by atoms with Gasteiger partial charge in [-0.05, 0) is 43.2 Å². The third-order valence-corrected chi connectivity index (χ3v) is 11.2. The predicted molar refractivity (Wildman–Crippen MR) is 160 cm³/mol. The van der Waals surface area contributed by atoms with Crippen LogP contribution in [0.5, 0.6) is 0 Å². The van der Waals surface area contributed by atoms with Crippen LogP contribution in [0.2, 0.25) is 0 Å². The smallest absolute Gasteiger partial charge is 0.232 e. The molecule has 0 saturated carbocycles. The van der Waals surface area contributed by atoms with E-state index < -0.39 is 6.10 Å². The molecule has 5 rings (SSSR count). The maximum absolute atomic E-state index is 14.3. The molecule has 0 spiro atoms. The van der Waals surface area contributed by atoms with Crippen LogP contribution in [0.15, 0.2) is 29.8 Å². The van der Waals surface area contributed by atoms with Crippen molar-refractivity contribution in [2.75, 3.05) is 26.7 Å². The molecule has 3 aliphatic rings. The first-order valence-corrected chi connectivity index (χ1v) is 15.9. The highest BCUT2D eigenvalue weighted by Gasteiger charge is 2.68. The lowest BCUT2D eigenvalue weighted by Gasteiger charge is -2.61. The molecule has 8 heteroatoms. The largest absolute Gasteiger partial charge is 0.391 e. The van der Waals surface area contributed by atoms with Gasteiger partial charge in [-0.2, -0.15) is 0 Å². The monoisotopic (exact) mass is 567 g/mol. The Morgan fingerprint density at radius 3 is 2.52 bits per heavy atom. The average Bonchev–Trinajstić information content (AvgIpc) is 3.55. The maximum atomic E-state index is 14.3. The van der Waals surface area contributed by atoms with Crippen LogP contribution in [-0.4, -0.2) is 75.7 Å². The number of hydrogen-bond acceptors (Lipinski definition) is 5. The second kappa shape index (κ2) is 10.8. The van der Waals surface area contributed by atoms with E-state index in [9.17, 15) is 14.7 Å². The average molecular weight is 568 g/mol. The van der Waals surface area contributed by atoms with Gasteiger partial charge in [0.15, 0.2) is 0 Å². The number of aliphatic hydroxyl groups is 1. The molecule has 1 aromatic heterocycles. The lowest BCUT2D eigenvalue weighted by Crippen LogP contribution is -2.75. The van der Waals surface area contributed by atoms with Crippen LogP contribution in [0, 0.1) is 18.3 Å². The summed E-state index contributed by atoms with van der Waals surface area (Å²) in [5.74, 6) is 0.0818. The number of aryl methyl sites for hydroxylation is 1. The highest BCUT2D eigenvalue weighted by molar-refractivity contribution is 7.13. The quantitative estimate of drug-likeness (QED) is 0.436. The van der Waals surface area contributed by atoms with Crippen molar-refractivity contribution in [1.82, 2.24) is 15.2 Å². The van der Waals surface area contributed by atoms with Gasteiger partial charge in [-0.25, -0.2) is 4.98 Å². The van der Waals surface area contributed by atoms with Gasteiger partial charge < -0.3 is 19.8 Å². The van der Waals surface area contributed by atoms with Gasteiger partial charge in [0.2, 0.25) is 11.8 Å². The van der Waals surface area contributed by atoms with Crippen molar-refractivity contribution >= 4 is 23.2 Å². The summed E-state index contributed by atoms with van der Waals surface area (Å²) >= 11 is 1.63. The summed E-state index contributed by atoms with van der Waals surface area (Å²) in [4.78, 5) is 34.8. The number of nitrogens with zero attached hydrogens (tertiary/aromatic N) is 3. The topological polar surface area (TPSA) is 82.5 Å². The second-order valence-electron chi connectivity index (χ2n) is 13.9. The molecule has 3 aliphatic heterocycles. The van der Waals surface area contributed by atoms with Gasteiger partial charge >= 0.3 is 0 Å². The first kappa shape index (κ1) is 29.2. The Bertz CT molecular complexity index is 1240. The Kier molecular flexibility index (Phi) is 7.92. The minimum absolute atomic E-state index is 0.00842. The summed E-state index contributed by atoms with van der Waals surface area (Å²) < 4.78 is 1.01. The molecule has 0 aliphatic carbocycles. The van der Waals surface area contributed by atoms with Gasteiger partial charge in [-0.15, -0.1) is 11.3 Å². The summed E-state index contributed by atoms with van der Waals surface area (Å²) in [5.41, 5.74) is 4.92. The van der Waals surface area contributed by atoms with Crippen molar-refractivity contribution in [1.29, 1.82) is 0 Å². The maximum Gasteiger partial charge on any atom is 0.232 e. The molecule has 0 radical (unpaired) electrons. The Labute approximate surface area is 243 Å². The third-order valence-electron chi connectivity index (χ3n) is 10.2. The molecule has 2 N–H and O–H groups in total. The van der Waals surface area contributed by atoms with Gasteiger partial charge in [0.25, 0.3) is 0 Å². The minimum Gasteiger partial charge on any atom is -0.391 e. The Hall–Kier alpha value is -2.29. The predicted octanol–water partition coefficient (Wildman–Crippen LogP) is 5.08. The van der Waals surface area contributed by atoms with Crippen LogP contribution in [0.3, 0.4) is 0 Å². The number of quaternary nitrogens is 1. The summed E-state index contributed by atoms with van der Waals surface area (Å²) in [6.45, 7) is 13.3. The number of hydrogen-bond donors (Lipinski definition) is 2. The molecule has 4 unspecified atom stereocenters. The van der Waals surface area contributed by atoms with Crippen LogP contribution >= 0.6 is 11.3 Å². The highest BCUT2D eigenvalue weighted by Crippen LogP contribution is 2.56. The van der Waals surface area contributed by atoms with Gasteiger partial charge in [0.1, 0.15) is 5.54 Å². The number of aliphatic hydroxyl groups excluding tert-OH is 1. The van der Waals surface area contributed by atoms with E-state index in [0.717, 1.165) is 47.2 Å². The van der Waals surface area contributed by atoms with Crippen molar-refractivity contribution in [3.8, 4) is 10.4 Å². The normalized spacial score (nSPS) is 29.5. The number of aromatic nitrogens is 1. The number of fused-ring (bicyclic) bond motifs is 1. The number of benzene rings is 1. The van der Waals surface area contributed by atoms with Gasteiger partial charge in [0.05, 0.1) is 60.7 Å². The van der Waals surface area contributed by atoms with E-state index in [-0.39, 0.29) is 40.8 Å². The molecule has 2 aromatic rings. The molecule has 6 atom stereocenters. The molecule has 7 nitrogen and oxygen atoms in total. The number of carbonyl (C=O) groups excluding carboxylic acids is 2. The fraction of sp³-hybridized carbons (Fsp3) is 0.656. The van der Waals surface area contributed by atoms with Crippen LogP contribution in [0.4, 0.5) is 0 Å². The van der Waals surface area contributed by atoms with Crippen LogP contribution in [0.25, 0.3) is 10.4 Å². The number of rotatable bonds is 8. The van der Waals surface area contributed by atoms with Crippen LogP contribution in [-0.2, 0) is 9.59 Å². The molecular weight excluding hydrogens is 520 g/mol. The van der Waals surface area contributed by atoms with E-state index in [2.05, 4.69) is 62.4 Å². The second-order valence-corrected chi connectivity index (χ2v) is 14.7. The highest BCUT2D eigenvalue weighted by atomic mass is 32.1. The summed E-state index contributed by atoms with van der Waals surface area (Å²) in [6, 6.07) is 8.08. The fourth-order valence-electron chi connectivity index (χ4n) is 8.05. The van der Waals surface area contributed by atoms with Crippen molar-refractivity contribution in [3.63, 3.8) is 0 Å². The Morgan fingerprint density at radius 2 is 1.95 bits per heavy atom. The number of amides is 2. The SMILES string of the molecule is Cc1ncsc1-c1ccc([C@H](C)NC(=O)CC[C@@H]2CC(O)CN2C(=O)C(C(C)(C)C)C23CCC[N+]2(C)CC3)cc1. The lowest BCUT2D eigenvalue weighted by molar-refractivity contribution is -0.992. The van der Waals surface area contributed by atoms with Crippen molar-refractivity contribution in [2.45, 2.75) is 96.9 Å². The molecule has 2 amide bonds. The van der Waals surface area contributed by atoms with Crippen molar-refractivity contribution < 1.29 is 19.2 Å². The summed E-state index contributed by atoms with van der Waals surface area (Å²) in [7, 11) is 2.33. The standard InChI is InChI=1S/C32H46N4O3S/c1-21(23-8-10-24(11-9-23)28-22(2)33-20-40-28)34-27(38)13-12-25-18-26(37)19-35(25)30(39)29(31(3,4)5)32-14-7-16-36(32,6)17-15-32/h8-11,20-21,25-26,29,37H,7,12-19H2,1-6H3/p+1/t21-,25+,26?,29?,32?,36?/m0/s1. The van der Waals surface area contributed by atoms with E-state index in [0.29, 0.717) is 25.8 Å². The molecule has 40 heavy (non-hydrogen) atoms. The molecule has 4 heterocycles. The molecule has 3 saturated heterocycles. The zero-order valence-corrected chi connectivity index (χ0v) is 25.9. The summed E-state index contributed by atoms with van der Waals surface area (Å²) in [5, 5.41) is 13.8. The fourth-order valence-corrected chi connectivity index (χ4v) is 8.86. The van der Waals surface area contributed by atoms with Crippen molar-refractivity contribution in [3.05, 3.63) is 41.0 Å². The van der Waals surface area contributed by atoms with Crippen LogP contribution < -0.4 is 5.32 Å². The number of carbonyl (C=O) groups is 2. The third kappa shape index (κ3) is 5.23. The first-order chi connectivity index (χ1) is 18.8. The molecule has 218 valence electrons. The zero-order chi connectivity index (χ0) is 28.9. The van der Waals surface area contributed by atoms with Gasteiger partial charge in [-0.1, -0.05) is 45.0 Å². The minimum atomic E-state index is -0.527. The number of thiazole rings is 1.